The minimum atomic E-state index is -1.95. The van der Waals surface area contributed by atoms with E-state index in [0.717, 1.165) is 16.3 Å². The second-order valence-electron chi connectivity index (χ2n) is 4.11. The first-order valence-electron chi connectivity index (χ1n) is 5.56. The van der Waals surface area contributed by atoms with Gasteiger partial charge in [-0.05, 0) is 16.3 Å². The SMILES string of the molecule is O=[N+]([O-])C(O)C(O)Cc1cccc2ccccc12. The minimum absolute atomic E-state index is 0.0451. The fraction of sp³-hybridized carbons (Fsp3) is 0.231. The Morgan fingerprint density at radius 3 is 2.50 bits per heavy atom. The Kier molecular flexibility index (Phi) is 3.55. The van der Waals surface area contributed by atoms with Crippen LogP contribution in [0.25, 0.3) is 10.8 Å². The molecule has 18 heavy (non-hydrogen) atoms. The molecule has 2 rings (SSSR count). The van der Waals surface area contributed by atoms with E-state index in [1.807, 2.05) is 36.4 Å². The van der Waals surface area contributed by atoms with Gasteiger partial charge in [0.1, 0.15) is 0 Å². The van der Waals surface area contributed by atoms with Gasteiger partial charge in [-0.25, -0.2) is 0 Å². The molecule has 0 radical (unpaired) electrons. The maximum Gasteiger partial charge on any atom is 0.339 e. The van der Waals surface area contributed by atoms with Crippen molar-refractivity contribution in [2.24, 2.45) is 0 Å². The fourth-order valence-electron chi connectivity index (χ4n) is 1.94. The number of nitrogens with zero attached hydrogens (tertiary/aromatic N) is 1. The number of benzene rings is 2. The molecule has 2 atom stereocenters. The first kappa shape index (κ1) is 12.5. The average Bonchev–Trinajstić information content (AvgIpc) is 2.38. The van der Waals surface area contributed by atoms with Crippen LogP contribution in [0.2, 0.25) is 0 Å². The van der Waals surface area contributed by atoms with Crippen LogP contribution in [0, 0.1) is 10.1 Å². The molecule has 2 aromatic rings. The van der Waals surface area contributed by atoms with Gasteiger partial charge in [0.15, 0.2) is 6.10 Å². The molecule has 0 aliphatic rings. The predicted molar refractivity (Wildman–Crippen MR) is 66.7 cm³/mol. The summed E-state index contributed by atoms with van der Waals surface area (Å²) in [5.74, 6) is 0. The minimum Gasteiger partial charge on any atom is -0.383 e. The van der Waals surface area contributed by atoms with Gasteiger partial charge >= 0.3 is 6.23 Å². The Bertz CT molecular complexity index is 564. The van der Waals surface area contributed by atoms with Gasteiger partial charge in [-0.15, -0.1) is 0 Å². The van der Waals surface area contributed by atoms with Crippen LogP contribution in [0.5, 0.6) is 0 Å². The normalized spacial score (nSPS) is 14.3. The van der Waals surface area contributed by atoms with Gasteiger partial charge in [0.2, 0.25) is 0 Å². The van der Waals surface area contributed by atoms with E-state index < -0.39 is 17.3 Å². The summed E-state index contributed by atoms with van der Waals surface area (Å²) in [5, 5.41) is 31.1. The fourth-order valence-corrected chi connectivity index (χ4v) is 1.94. The molecule has 2 unspecified atom stereocenters. The van der Waals surface area contributed by atoms with E-state index in [-0.39, 0.29) is 6.42 Å². The van der Waals surface area contributed by atoms with Crippen molar-refractivity contribution in [1.82, 2.24) is 0 Å². The molecule has 0 bridgehead atoms. The molecule has 94 valence electrons. The van der Waals surface area contributed by atoms with E-state index in [1.165, 1.54) is 0 Å². The highest BCUT2D eigenvalue weighted by atomic mass is 16.7. The summed E-state index contributed by atoms with van der Waals surface area (Å²) in [6.07, 6.45) is -3.32. The lowest BCUT2D eigenvalue weighted by Gasteiger charge is -2.12. The Hall–Kier alpha value is -1.98. The smallest absolute Gasteiger partial charge is 0.339 e. The number of fused-ring (bicyclic) bond motifs is 1. The van der Waals surface area contributed by atoms with Crippen molar-refractivity contribution < 1.29 is 15.1 Å². The molecule has 0 saturated heterocycles. The molecule has 0 fully saturated rings. The monoisotopic (exact) mass is 247 g/mol. The summed E-state index contributed by atoms with van der Waals surface area (Å²) in [5.41, 5.74) is 0.779. The summed E-state index contributed by atoms with van der Waals surface area (Å²) < 4.78 is 0. The molecule has 0 aromatic heterocycles. The third-order valence-corrected chi connectivity index (χ3v) is 2.87. The van der Waals surface area contributed by atoms with Crippen LogP contribution in [-0.4, -0.2) is 27.5 Å². The zero-order valence-electron chi connectivity index (χ0n) is 9.56. The van der Waals surface area contributed by atoms with Crippen LogP contribution in [0.4, 0.5) is 0 Å². The molecule has 0 aliphatic carbocycles. The lowest BCUT2D eigenvalue weighted by molar-refractivity contribution is -0.582. The zero-order valence-corrected chi connectivity index (χ0v) is 9.56. The first-order valence-corrected chi connectivity index (χ1v) is 5.56. The quantitative estimate of drug-likeness (QED) is 0.485. The molecule has 0 aliphatic heterocycles. The molecular formula is C13H13NO4. The van der Waals surface area contributed by atoms with Crippen LogP contribution < -0.4 is 0 Å². The Morgan fingerprint density at radius 1 is 1.11 bits per heavy atom. The second kappa shape index (κ2) is 5.12. The number of nitro groups is 1. The number of aliphatic hydroxyl groups is 2. The highest BCUT2D eigenvalue weighted by Crippen LogP contribution is 2.20. The molecule has 5 nitrogen and oxygen atoms in total. The van der Waals surface area contributed by atoms with E-state index in [1.54, 1.807) is 6.07 Å². The van der Waals surface area contributed by atoms with Crippen molar-refractivity contribution in [3.63, 3.8) is 0 Å². The van der Waals surface area contributed by atoms with Crippen molar-refractivity contribution in [1.29, 1.82) is 0 Å². The molecule has 5 heteroatoms. The maximum atomic E-state index is 10.4. The largest absolute Gasteiger partial charge is 0.383 e. The molecule has 2 aromatic carbocycles. The first-order chi connectivity index (χ1) is 8.59. The molecule has 0 spiro atoms. The van der Waals surface area contributed by atoms with Crippen LogP contribution in [0.15, 0.2) is 42.5 Å². The number of rotatable bonds is 4. The average molecular weight is 247 g/mol. The van der Waals surface area contributed by atoms with Gasteiger partial charge < -0.3 is 10.2 Å². The van der Waals surface area contributed by atoms with E-state index in [4.69, 9.17) is 0 Å². The van der Waals surface area contributed by atoms with Crippen molar-refractivity contribution >= 4 is 10.8 Å². The van der Waals surface area contributed by atoms with Gasteiger partial charge in [-0.2, -0.15) is 0 Å². The summed E-state index contributed by atoms with van der Waals surface area (Å²) in [4.78, 5) is 9.50. The van der Waals surface area contributed by atoms with Crippen LogP contribution in [0.1, 0.15) is 5.56 Å². The summed E-state index contributed by atoms with van der Waals surface area (Å²) in [6, 6.07) is 13.1. The Labute approximate surface area is 103 Å². The van der Waals surface area contributed by atoms with E-state index in [2.05, 4.69) is 0 Å². The van der Waals surface area contributed by atoms with E-state index >= 15 is 0 Å². The maximum absolute atomic E-state index is 10.4. The molecule has 0 heterocycles. The van der Waals surface area contributed by atoms with Gasteiger partial charge in [0, 0.05) is 6.42 Å². The summed E-state index contributed by atoms with van der Waals surface area (Å²) >= 11 is 0. The van der Waals surface area contributed by atoms with Crippen molar-refractivity contribution in [3.8, 4) is 0 Å². The molecule has 0 saturated carbocycles. The lowest BCUT2D eigenvalue weighted by Crippen LogP contribution is -2.34. The molecular weight excluding hydrogens is 234 g/mol. The van der Waals surface area contributed by atoms with Gasteiger partial charge in [0.05, 0.1) is 4.92 Å². The van der Waals surface area contributed by atoms with Crippen molar-refractivity contribution in [2.45, 2.75) is 18.8 Å². The van der Waals surface area contributed by atoms with Crippen LogP contribution >= 0.6 is 0 Å². The van der Waals surface area contributed by atoms with Crippen molar-refractivity contribution in [2.75, 3.05) is 0 Å². The van der Waals surface area contributed by atoms with Crippen molar-refractivity contribution in [3.05, 3.63) is 58.1 Å². The lowest BCUT2D eigenvalue weighted by atomic mass is 9.99. The Balaban J connectivity index is 2.29. The van der Waals surface area contributed by atoms with Crippen LogP contribution in [-0.2, 0) is 6.42 Å². The Morgan fingerprint density at radius 2 is 1.78 bits per heavy atom. The second-order valence-corrected chi connectivity index (χ2v) is 4.11. The molecule has 2 N–H and O–H groups in total. The predicted octanol–water partition coefficient (Wildman–Crippen LogP) is 1.34. The van der Waals surface area contributed by atoms with Gasteiger partial charge in [-0.1, -0.05) is 42.5 Å². The van der Waals surface area contributed by atoms with Crippen LogP contribution in [0.3, 0.4) is 0 Å². The third kappa shape index (κ3) is 2.47. The molecule has 0 amide bonds. The topological polar surface area (TPSA) is 83.6 Å². The zero-order chi connectivity index (χ0) is 13.1. The van der Waals surface area contributed by atoms with Gasteiger partial charge in [0.25, 0.3) is 0 Å². The number of aliphatic hydroxyl groups excluding tert-OH is 2. The van der Waals surface area contributed by atoms with E-state index in [0.29, 0.717) is 0 Å². The standard InChI is InChI=1S/C13H13NO4/c15-12(13(16)14(17)18)8-10-6-3-5-9-4-1-2-7-11(9)10/h1-7,12-13,15-16H,8H2. The third-order valence-electron chi connectivity index (χ3n) is 2.87. The highest BCUT2D eigenvalue weighted by Gasteiger charge is 2.27. The summed E-state index contributed by atoms with van der Waals surface area (Å²) in [6.45, 7) is 0. The summed E-state index contributed by atoms with van der Waals surface area (Å²) in [7, 11) is 0. The van der Waals surface area contributed by atoms with Gasteiger partial charge in [-0.3, -0.25) is 10.1 Å². The highest BCUT2D eigenvalue weighted by molar-refractivity contribution is 5.85. The number of hydrogen-bond donors (Lipinski definition) is 2. The number of hydrogen-bond acceptors (Lipinski definition) is 4. The van der Waals surface area contributed by atoms with E-state index in [9.17, 15) is 20.3 Å².